The quantitative estimate of drug-likeness (QED) is 0.751. The van der Waals surface area contributed by atoms with E-state index in [1.54, 1.807) is 24.3 Å². The Hall–Kier alpha value is -2.37. The standard InChI is InChI=1S/C24H28ClN3O2/c1-26(22-8-4-6-18-5-2-3-7-21(18)22)23(29)17-27-13-15-28(16-14-27)24(30)19-9-11-20(25)12-10-19/h2-3,5,7,9-12,22H,4,6,8,13-17H2,1H3/t22-/m1/s1. The number of likely N-dealkylation sites (N-methyl/N-ethyl adjacent to an activating group) is 1. The van der Waals surface area contributed by atoms with Crippen LogP contribution in [-0.4, -0.2) is 66.3 Å². The highest BCUT2D eigenvalue weighted by molar-refractivity contribution is 6.30. The molecule has 2 amide bonds. The zero-order chi connectivity index (χ0) is 21.1. The molecule has 6 heteroatoms. The Balaban J connectivity index is 1.31. The maximum absolute atomic E-state index is 13.0. The highest BCUT2D eigenvalue weighted by atomic mass is 35.5. The lowest BCUT2D eigenvalue weighted by Gasteiger charge is -2.37. The van der Waals surface area contributed by atoms with Crippen molar-refractivity contribution in [3.63, 3.8) is 0 Å². The molecule has 1 aliphatic heterocycles. The van der Waals surface area contributed by atoms with Gasteiger partial charge in [-0.05, 0) is 54.7 Å². The first-order valence-corrected chi connectivity index (χ1v) is 11.0. The summed E-state index contributed by atoms with van der Waals surface area (Å²) < 4.78 is 0. The highest BCUT2D eigenvalue weighted by Crippen LogP contribution is 2.33. The van der Waals surface area contributed by atoms with Crippen molar-refractivity contribution in [1.82, 2.24) is 14.7 Å². The molecular formula is C24H28ClN3O2. The molecule has 158 valence electrons. The fourth-order valence-electron chi connectivity index (χ4n) is 4.49. The Bertz CT molecular complexity index is 907. The van der Waals surface area contributed by atoms with Gasteiger partial charge in [0.2, 0.25) is 5.91 Å². The molecule has 0 bridgehead atoms. The summed E-state index contributed by atoms with van der Waals surface area (Å²) >= 11 is 5.91. The van der Waals surface area contributed by atoms with Crippen LogP contribution in [0.15, 0.2) is 48.5 Å². The van der Waals surface area contributed by atoms with E-state index >= 15 is 0 Å². The van der Waals surface area contributed by atoms with Crippen LogP contribution in [-0.2, 0) is 11.2 Å². The minimum absolute atomic E-state index is 0.0218. The predicted octanol–water partition coefficient (Wildman–Crippen LogP) is 3.63. The average molecular weight is 426 g/mol. The molecule has 0 spiro atoms. The number of hydrogen-bond acceptors (Lipinski definition) is 3. The van der Waals surface area contributed by atoms with Gasteiger partial charge >= 0.3 is 0 Å². The largest absolute Gasteiger partial charge is 0.338 e. The number of benzene rings is 2. The first-order valence-electron chi connectivity index (χ1n) is 10.6. The number of hydrogen-bond donors (Lipinski definition) is 0. The molecule has 1 heterocycles. The van der Waals surface area contributed by atoms with Crippen molar-refractivity contribution in [2.45, 2.75) is 25.3 Å². The zero-order valence-electron chi connectivity index (χ0n) is 17.4. The van der Waals surface area contributed by atoms with Crippen molar-refractivity contribution in [3.05, 3.63) is 70.2 Å². The van der Waals surface area contributed by atoms with Gasteiger partial charge in [0.1, 0.15) is 0 Å². The van der Waals surface area contributed by atoms with E-state index in [4.69, 9.17) is 11.6 Å². The summed E-state index contributed by atoms with van der Waals surface area (Å²) in [4.78, 5) is 31.6. The van der Waals surface area contributed by atoms with E-state index < -0.39 is 0 Å². The minimum atomic E-state index is 0.0218. The fraction of sp³-hybridized carbons (Fsp3) is 0.417. The maximum Gasteiger partial charge on any atom is 0.253 e. The average Bonchev–Trinajstić information content (AvgIpc) is 2.78. The van der Waals surface area contributed by atoms with Gasteiger partial charge in [0.15, 0.2) is 0 Å². The number of rotatable bonds is 4. The third-order valence-electron chi connectivity index (χ3n) is 6.31. The van der Waals surface area contributed by atoms with Crippen LogP contribution in [0.25, 0.3) is 0 Å². The molecular weight excluding hydrogens is 398 g/mol. The summed E-state index contributed by atoms with van der Waals surface area (Å²) in [5.41, 5.74) is 3.31. The van der Waals surface area contributed by atoms with Crippen molar-refractivity contribution in [2.24, 2.45) is 0 Å². The Kier molecular flexibility index (Phi) is 6.40. The van der Waals surface area contributed by atoms with Crippen molar-refractivity contribution in [2.75, 3.05) is 39.8 Å². The fourth-order valence-corrected chi connectivity index (χ4v) is 4.62. The maximum atomic E-state index is 13.0. The molecule has 2 aliphatic rings. The van der Waals surface area contributed by atoms with Crippen LogP contribution in [0.1, 0.15) is 40.4 Å². The summed E-state index contributed by atoms with van der Waals surface area (Å²) in [5, 5.41) is 0.625. The second kappa shape index (κ2) is 9.19. The second-order valence-electron chi connectivity index (χ2n) is 8.19. The van der Waals surface area contributed by atoms with E-state index in [2.05, 4.69) is 29.2 Å². The van der Waals surface area contributed by atoms with Gasteiger partial charge in [-0.2, -0.15) is 0 Å². The lowest BCUT2D eigenvalue weighted by molar-refractivity contribution is -0.134. The van der Waals surface area contributed by atoms with Gasteiger partial charge in [-0.25, -0.2) is 0 Å². The number of nitrogens with zero attached hydrogens (tertiary/aromatic N) is 3. The van der Waals surface area contributed by atoms with Crippen molar-refractivity contribution in [3.8, 4) is 0 Å². The number of aryl methyl sites for hydroxylation is 1. The van der Waals surface area contributed by atoms with Crippen LogP contribution in [0.3, 0.4) is 0 Å². The molecule has 0 radical (unpaired) electrons. The number of amides is 2. The topological polar surface area (TPSA) is 43.9 Å². The predicted molar refractivity (Wildman–Crippen MR) is 119 cm³/mol. The van der Waals surface area contributed by atoms with E-state index in [1.807, 2.05) is 16.8 Å². The van der Waals surface area contributed by atoms with Crippen LogP contribution in [0, 0.1) is 0 Å². The molecule has 1 fully saturated rings. The number of carbonyl (C=O) groups is 2. The van der Waals surface area contributed by atoms with Crippen molar-refractivity contribution >= 4 is 23.4 Å². The van der Waals surface area contributed by atoms with E-state index in [0.717, 1.165) is 19.3 Å². The number of fused-ring (bicyclic) bond motifs is 1. The van der Waals surface area contributed by atoms with Crippen LogP contribution >= 0.6 is 11.6 Å². The summed E-state index contributed by atoms with van der Waals surface area (Å²) in [7, 11) is 1.93. The van der Waals surface area contributed by atoms with E-state index in [9.17, 15) is 9.59 Å². The lowest BCUT2D eigenvalue weighted by atomic mass is 9.87. The molecule has 1 aliphatic carbocycles. The Morgan fingerprint density at radius 1 is 1.03 bits per heavy atom. The van der Waals surface area contributed by atoms with Gasteiger partial charge in [-0.3, -0.25) is 14.5 Å². The van der Waals surface area contributed by atoms with Gasteiger partial charge in [0.25, 0.3) is 5.91 Å². The normalized spacial score (nSPS) is 19.3. The third-order valence-corrected chi connectivity index (χ3v) is 6.56. The second-order valence-corrected chi connectivity index (χ2v) is 8.62. The zero-order valence-corrected chi connectivity index (χ0v) is 18.1. The first kappa shape index (κ1) is 20.9. The van der Waals surface area contributed by atoms with Gasteiger partial charge in [-0.15, -0.1) is 0 Å². The van der Waals surface area contributed by atoms with Gasteiger partial charge < -0.3 is 9.80 Å². The van der Waals surface area contributed by atoms with Crippen molar-refractivity contribution in [1.29, 1.82) is 0 Å². The van der Waals surface area contributed by atoms with Gasteiger partial charge in [0, 0.05) is 43.8 Å². The van der Waals surface area contributed by atoms with Crippen LogP contribution in [0.2, 0.25) is 5.02 Å². The SMILES string of the molecule is CN(C(=O)CN1CCN(C(=O)c2ccc(Cl)cc2)CC1)[C@@H]1CCCc2ccccc21. The van der Waals surface area contributed by atoms with Crippen molar-refractivity contribution < 1.29 is 9.59 Å². The minimum Gasteiger partial charge on any atom is -0.338 e. The Morgan fingerprint density at radius 2 is 1.73 bits per heavy atom. The number of carbonyl (C=O) groups excluding carboxylic acids is 2. The monoisotopic (exact) mass is 425 g/mol. The Morgan fingerprint density at radius 3 is 2.47 bits per heavy atom. The molecule has 5 nitrogen and oxygen atoms in total. The summed E-state index contributed by atoms with van der Waals surface area (Å²) in [5.74, 6) is 0.169. The van der Waals surface area contributed by atoms with E-state index in [-0.39, 0.29) is 17.9 Å². The molecule has 4 rings (SSSR count). The van der Waals surface area contributed by atoms with Crippen LogP contribution < -0.4 is 0 Å². The van der Waals surface area contributed by atoms with Crippen LogP contribution in [0.5, 0.6) is 0 Å². The molecule has 30 heavy (non-hydrogen) atoms. The van der Waals surface area contributed by atoms with Gasteiger partial charge in [0.05, 0.1) is 12.6 Å². The molecule has 1 atom stereocenters. The van der Waals surface area contributed by atoms with E-state index in [0.29, 0.717) is 43.3 Å². The Labute approximate surface area is 183 Å². The third kappa shape index (κ3) is 4.52. The molecule has 0 unspecified atom stereocenters. The summed E-state index contributed by atoms with van der Waals surface area (Å²) in [6.07, 6.45) is 3.23. The molecule has 2 aromatic carbocycles. The first-order chi connectivity index (χ1) is 14.5. The molecule has 1 saturated heterocycles. The lowest BCUT2D eigenvalue weighted by Crippen LogP contribution is -2.51. The summed E-state index contributed by atoms with van der Waals surface area (Å²) in [6.45, 7) is 3.08. The molecule has 0 N–H and O–H groups in total. The molecule has 2 aromatic rings. The number of piperazine rings is 1. The van der Waals surface area contributed by atoms with Crippen LogP contribution in [0.4, 0.5) is 0 Å². The van der Waals surface area contributed by atoms with E-state index in [1.165, 1.54) is 11.1 Å². The molecule has 0 saturated carbocycles. The number of halogens is 1. The molecule has 0 aromatic heterocycles. The highest BCUT2D eigenvalue weighted by Gasteiger charge is 2.29. The smallest absolute Gasteiger partial charge is 0.253 e. The summed E-state index contributed by atoms with van der Waals surface area (Å²) in [6, 6.07) is 15.6. The van der Waals surface area contributed by atoms with Gasteiger partial charge in [-0.1, -0.05) is 35.9 Å².